The molecule has 0 spiro atoms. The number of carboxylic acid groups (broad SMARTS) is 1. The van der Waals surface area contributed by atoms with Crippen LogP contribution in [0.5, 0.6) is 0 Å². The maximum Gasteiger partial charge on any atom is 0.326 e. The van der Waals surface area contributed by atoms with Crippen molar-refractivity contribution in [3.05, 3.63) is 38.9 Å². The van der Waals surface area contributed by atoms with E-state index in [0.717, 1.165) is 0 Å². The van der Waals surface area contributed by atoms with E-state index in [9.17, 15) is 19.7 Å². The Morgan fingerprint density at radius 1 is 1.24 bits per heavy atom. The molecule has 2 N–H and O–H groups in total. The number of carboxylic acids is 1. The molecule has 1 amide bonds. The molecule has 0 saturated heterocycles. The van der Waals surface area contributed by atoms with Gasteiger partial charge in [-0.15, -0.1) is 0 Å². The van der Waals surface area contributed by atoms with Crippen LogP contribution in [0.4, 0.5) is 5.69 Å². The van der Waals surface area contributed by atoms with Gasteiger partial charge in [0.25, 0.3) is 11.6 Å². The van der Waals surface area contributed by atoms with E-state index in [1.807, 2.05) is 0 Å². The lowest BCUT2D eigenvalue weighted by Gasteiger charge is -2.18. The first-order valence-corrected chi connectivity index (χ1v) is 6.44. The van der Waals surface area contributed by atoms with Gasteiger partial charge in [0.05, 0.1) is 4.92 Å². The minimum absolute atomic E-state index is 0.110. The number of rotatable bonds is 5. The SMILES string of the molecule is Cc1cc(C)c([N+](=O)[O-])cc1C(=O)N[C@H](C(=O)O)C(C)C. The van der Waals surface area contributed by atoms with Gasteiger partial charge < -0.3 is 10.4 Å². The van der Waals surface area contributed by atoms with Gasteiger partial charge >= 0.3 is 5.97 Å². The summed E-state index contributed by atoms with van der Waals surface area (Å²) >= 11 is 0. The van der Waals surface area contributed by atoms with Crippen molar-refractivity contribution in [1.82, 2.24) is 5.32 Å². The van der Waals surface area contributed by atoms with Gasteiger partial charge in [-0.05, 0) is 31.4 Å². The summed E-state index contributed by atoms with van der Waals surface area (Å²) in [6.07, 6.45) is 0. The minimum Gasteiger partial charge on any atom is -0.480 e. The van der Waals surface area contributed by atoms with Crippen LogP contribution in [0.2, 0.25) is 0 Å². The number of nitro benzene ring substituents is 1. The second-order valence-corrected chi connectivity index (χ2v) is 5.24. The standard InChI is InChI=1S/C14H18N2O5/c1-7(2)12(14(18)19)15-13(17)10-6-11(16(20)21)9(4)5-8(10)3/h5-7,12H,1-4H3,(H,15,17)(H,18,19)/t12-/m0/s1. The number of nitro groups is 1. The number of aliphatic carboxylic acids is 1. The molecule has 1 aromatic carbocycles. The maximum absolute atomic E-state index is 12.2. The number of aryl methyl sites for hydroxylation is 2. The molecule has 0 bridgehead atoms. The summed E-state index contributed by atoms with van der Waals surface area (Å²) < 4.78 is 0. The fraction of sp³-hybridized carbons (Fsp3) is 0.429. The van der Waals surface area contributed by atoms with Gasteiger partial charge in [0.15, 0.2) is 0 Å². The molecule has 0 radical (unpaired) electrons. The Labute approximate surface area is 122 Å². The van der Waals surface area contributed by atoms with Gasteiger partial charge in [-0.2, -0.15) is 0 Å². The fourth-order valence-corrected chi connectivity index (χ4v) is 2.01. The highest BCUT2D eigenvalue weighted by atomic mass is 16.6. The van der Waals surface area contributed by atoms with Gasteiger partial charge in [-0.1, -0.05) is 13.8 Å². The summed E-state index contributed by atoms with van der Waals surface area (Å²) in [6.45, 7) is 6.57. The predicted octanol–water partition coefficient (Wildman–Crippen LogP) is 2.05. The third kappa shape index (κ3) is 3.77. The first-order valence-electron chi connectivity index (χ1n) is 6.44. The van der Waals surface area contributed by atoms with Gasteiger partial charge in [-0.3, -0.25) is 14.9 Å². The third-order valence-corrected chi connectivity index (χ3v) is 3.20. The van der Waals surface area contributed by atoms with Crippen molar-refractivity contribution in [3.8, 4) is 0 Å². The summed E-state index contributed by atoms with van der Waals surface area (Å²) in [5.41, 5.74) is 0.956. The summed E-state index contributed by atoms with van der Waals surface area (Å²) in [5.74, 6) is -2.07. The molecule has 114 valence electrons. The van der Waals surface area contributed by atoms with Crippen LogP contribution < -0.4 is 5.32 Å². The van der Waals surface area contributed by atoms with Crippen LogP contribution in [0.1, 0.15) is 35.3 Å². The molecule has 0 saturated carbocycles. The first kappa shape index (κ1) is 16.6. The van der Waals surface area contributed by atoms with Crippen molar-refractivity contribution in [1.29, 1.82) is 0 Å². The molecule has 7 heteroatoms. The lowest BCUT2D eigenvalue weighted by Crippen LogP contribution is -2.44. The molecular formula is C14H18N2O5. The Morgan fingerprint density at radius 3 is 2.24 bits per heavy atom. The van der Waals surface area contributed by atoms with E-state index in [1.54, 1.807) is 27.7 Å². The lowest BCUT2D eigenvalue weighted by atomic mass is 10.0. The van der Waals surface area contributed by atoms with E-state index in [2.05, 4.69) is 5.32 Å². The Kier molecular flexibility index (Phi) is 5.02. The molecule has 0 aromatic heterocycles. The largest absolute Gasteiger partial charge is 0.480 e. The van der Waals surface area contributed by atoms with Gasteiger partial charge in [-0.25, -0.2) is 4.79 Å². The number of hydrogen-bond donors (Lipinski definition) is 2. The first-order chi connectivity index (χ1) is 9.65. The summed E-state index contributed by atoms with van der Waals surface area (Å²) in [6, 6.07) is 1.68. The van der Waals surface area contributed by atoms with Crippen molar-refractivity contribution in [2.45, 2.75) is 33.7 Å². The molecule has 0 heterocycles. The van der Waals surface area contributed by atoms with E-state index >= 15 is 0 Å². The average molecular weight is 294 g/mol. The Hall–Kier alpha value is -2.44. The zero-order chi connectivity index (χ0) is 16.3. The Morgan fingerprint density at radius 2 is 1.81 bits per heavy atom. The van der Waals surface area contributed by atoms with Crippen LogP contribution in [0.15, 0.2) is 12.1 Å². The van der Waals surface area contributed by atoms with Crippen LogP contribution in [0, 0.1) is 29.9 Å². The Bertz CT molecular complexity index is 595. The highest BCUT2D eigenvalue weighted by molar-refractivity contribution is 5.98. The Balaban J connectivity index is 3.15. The fourth-order valence-electron chi connectivity index (χ4n) is 2.01. The van der Waals surface area contributed by atoms with Gasteiger partial charge in [0.2, 0.25) is 0 Å². The van der Waals surface area contributed by atoms with Crippen molar-refractivity contribution in [3.63, 3.8) is 0 Å². The number of carbonyl (C=O) groups excluding carboxylic acids is 1. The van der Waals surface area contributed by atoms with Gasteiger partial charge in [0.1, 0.15) is 6.04 Å². The van der Waals surface area contributed by atoms with Gasteiger partial charge in [0, 0.05) is 17.2 Å². The van der Waals surface area contributed by atoms with Crippen molar-refractivity contribution in [2.24, 2.45) is 5.92 Å². The van der Waals surface area contributed by atoms with Crippen LogP contribution >= 0.6 is 0 Å². The van der Waals surface area contributed by atoms with E-state index < -0.39 is 22.8 Å². The smallest absolute Gasteiger partial charge is 0.326 e. The highest BCUT2D eigenvalue weighted by Crippen LogP contribution is 2.23. The van der Waals surface area contributed by atoms with Crippen LogP contribution in [0.3, 0.4) is 0 Å². The van der Waals surface area contributed by atoms with E-state index in [1.165, 1.54) is 12.1 Å². The molecule has 1 aromatic rings. The lowest BCUT2D eigenvalue weighted by molar-refractivity contribution is -0.385. The zero-order valence-corrected chi connectivity index (χ0v) is 12.3. The molecule has 21 heavy (non-hydrogen) atoms. The zero-order valence-electron chi connectivity index (χ0n) is 12.3. The summed E-state index contributed by atoms with van der Waals surface area (Å²) in [4.78, 5) is 33.6. The average Bonchev–Trinajstić information content (AvgIpc) is 2.34. The second kappa shape index (κ2) is 6.34. The molecule has 1 rings (SSSR count). The monoisotopic (exact) mass is 294 g/mol. The molecule has 0 aliphatic rings. The van der Waals surface area contributed by atoms with Crippen molar-refractivity contribution >= 4 is 17.6 Å². The molecule has 7 nitrogen and oxygen atoms in total. The number of nitrogens with zero attached hydrogens (tertiary/aromatic N) is 1. The normalized spacial score (nSPS) is 12.0. The van der Waals surface area contributed by atoms with Crippen molar-refractivity contribution < 1.29 is 19.6 Å². The number of hydrogen-bond acceptors (Lipinski definition) is 4. The minimum atomic E-state index is -1.14. The molecular weight excluding hydrogens is 276 g/mol. The number of benzene rings is 1. The van der Waals surface area contributed by atoms with Crippen LogP contribution in [-0.2, 0) is 4.79 Å². The summed E-state index contributed by atoms with van der Waals surface area (Å²) in [7, 11) is 0. The molecule has 1 atom stereocenters. The third-order valence-electron chi connectivity index (χ3n) is 3.20. The predicted molar refractivity (Wildman–Crippen MR) is 76.3 cm³/mol. The quantitative estimate of drug-likeness (QED) is 0.638. The molecule has 0 unspecified atom stereocenters. The molecule has 0 aliphatic heterocycles. The molecule has 0 fully saturated rings. The topological polar surface area (TPSA) is 110 Å². The van der Waals surface area contributed by atoms with E-state index in [4.69, 9.17) is 5.11 Å². The van der Waals surface area contributed by atoms with E-state index in [-0.39, 0.29) is 17.2 Å². The summed E-state index contributed by atoms with van der Waals surface area (Å²) in [5, 5.41) is 22.4. The number of amides is 1. The van der Waals surface area contributed by atoms with E-state index in [0.29, 0.717) is 11.1 Å². The maximum atomic E-state index is 12.2. The number of nitrogens with one attached hydrogen (secondary N) is 1. The second-order valence-electron chi connectivity index (χ2n) is 5.24. The highest BCUT2D eigenvalue weighted by Gasteiger charge is 2.26. The van der Waals surface area contributed by atoms with Crippen molar-refractivity contribution in [2.75, 3.05) is 0 Å². The van der Waals surface area contributed by atoms with Crippen LogP contribution in [-0.4, -0.2) is 27.9 Å². The molecule has 0 aliphatic carbocycles. The van der Waals surface area contributed by atoms with Crippen LogP contribution in [0.25, 0.3) is 0 Å². The number of carbonyl (C=O) groups is 2.